The number of amides is 1. The summed E-state index contributed by atoms with van der Waals surface area (Å²) >= 11 is 0. The van der Waals surface area contributed by atoms with Crippen LogP contribution in [0.1, 0.15) is 10.4 Å². The number of carbonyl (C=O) groups excluding carboxylic acids is 1. The average molecular weight is 312 g/mol. The van der Waals surface area contributed by atoms with E-state index >= 15 is 0 Å². The van der Waals surface area contributed by atoms with Gasteiger partial charge in [0.2, 0.25) is 0 Å². The Labute approximate surface area is 131 Å². The standard InChI is InChI=1S/C16H13FN4O2/c1-23-13-4-2-3-11(7-13)16(22)20-12-5-6-15(14(17)8-12)21-10-18-9-19-21/h2-10H,1H3,(H,20,22). The maximum absolute atomic E-state index is 14.1. The summed E-state index contributed by atoms with van der Waals surface area (Å²) in [6, 6.07) is 11.1. The van der Waals surface area contributed by atoms with E-state index in [9.17, 15) is 9.18 Å². The lowest BCUT2D eigenvalue weighted by Crippen LogP contribution is -2.12. The molecule has 0 aliphatic rings. The van der Waals surface area contributed by atoms with Crippen LogP contribution in [0.3, 0.4) is 0 Å². The highest BCUT2D eigenvalue weighted by Gasteiger charge is 2.10. The summed E-state index contributed by atoms with van der Waals surface area (Å²) in [5, 5.41) is 6.51. The van der Waals surface area contributed by atoms with Crippen LogP contribution < -0.4 is 10.1 Å². The first-order valence-electron chi connectivity index (χ1n) is 6.77. The molecule has 1 amide bonds. The first-order chi connectivity index (χ1) is 11.2. The van der Waals surface area contributed by atoms with Crippen LogP contribution in [0.2, 0.25) is 0 Å². The largest absolute Gasteiger partial charge is 0.497 e. The number of hydrogen-bond donors (Lipinski definition) is 1. The van der Waals surface area contributed by atoms with Crippen LogP contribution in [0.15, 0.2) is 55.1 Å². The summed E-state index contributed by atoms with van der Waals surface area (Å²) in [5.41, 5.74) is 1.02. The third-order valence-corrected chi connectivity index (χ3v) is 3.20. The average Bonchev–Trinajstić information content (AvgIpc) is 3.09. The predicted molar refractivity (Wildman–Crippen MR) is 82.3 cm³/mol. The van der Waals surface area contributed by atoms with Crippen molar-refractivity contribution in [2.75, 3.05) is 12.4 Å². The lowest BCUT2D eigenvalue weighted by Gasteiger charge is -2.08. The van der Waals surface area contributed by atoms with E-state index in [4.69, 9.17) is 4.74 Å². The second-order valence-corrected chi connectivity index (χ2v) is 4.69. The molecule has 0 bridgehead atoms. The van der Waals surface area contributed by atoms with E-state index in [1.165, 1.54) is 36.6 Å². The quantitative estimate of drug-likeness (QED) is 0.804. The Kier molecular flexibility index (Phi) is 4.01. The van der Waals surface area contributed by atoms with Crippen LogP contribution in [-0.4, -0.2) is 27.8 Å². The molecule has 6 nitrogen and oxygen atoms in total. The van der Waals surface area contributed by atoms with E-state index in [1.807, 2.05) is 0 Å². The lowest BCUT2D eigenvalue weighted by atomic mass is 10.2. The number of aromatic nitrogens is 3. The number of nitrogens with zero attached hydrogens (tertiary/aromatic N) is 3. The predicted octanol–water partition coefficient (Wildman–Crippen LogP) is 2.67. The van der Waals surface area contributed by atoms with Gasteiger partial charge >= 0.3 is 0 Å². The van der Waals surface area contributed by atoms with Gasteiger partial charge in [-0.25, -0.2) is 14.1 Å². The van der Waals surface area contributed by atoms with Crippen molar-refractivity contribution in [1.29, 1.82) is 0 Å². The van der Waals surface area contributed by atoms with Crippen LogP contribution in [0.25, 0.3) is 5.69 Å². The number of hydrogen-bond acceptors (Lipinski definition) is 4. The number of methoxy groups -OCH3 is 1. The van der Waals surface area contributed by atoms with Gasteiger partial charge in [-0.1, -0.05) is 6.07 Å². The van der Waals surface area contributed by atoms with Gasteiger partial charge in [0.1, 0.15) is 24.1 Å². The molecule has 0 radical (unpaired) electrons. The molecule has 7 heteroatoms. The second kappa shape index (κ2) is 6.27. The number of halogens is 1. The SMILES string of the molecule is COc1cccc(C(=O)Nc2ccc(-n3cncn3)c(F)c2)c1. The number of benzene rings is 2. The molecule has 0 aliphatic heterocycles. The maximum Gasteiger partial charge on any atom is 0.255 e. The van der Waals surface area contributed by atoms with Gasteiger partial charge < -0.3 is 10.1 Å². The van der Waals surface area contributed by atoms with Gasteiger partial charge in [-0.3, -0.25) is 4.79 Å². The third kappa shape index (κ3) is 3.18. The summed E-state index contributed by atoms with van der Waals surface area (Å²) in [5.74, 6) is -0.291. The van der Waals surface area contributed by atoms with E-state index in [0.717, 1.165) is 0 Å². The normalized spacial score (nSPS) is 10.3. The fraction of sp³-hybridized carbons (Fsp3) is 0.0625. The van der Waals surface area contributed by atoms with Gasteiger partial charge in [0, 0.05) is 11.3 Å². The van der Waals surface area contributed by atoms with Crippen LogP contribution in [0, 0.1) is 5.82 Å². The molecule has 0 atom stereocenters. The van der Waals surface area contributed by atoms with Crippen molar-refractivity contribution in [2.24, 2.45) is 0 Å². The smallest absolute Gasteiger partial charge is 0.255 e. The Morgan fingerprint density at radius 1 is 1.26 bits per heavy atom. The Morgan fingerprint density at radius 2 is 2.13 bits per heavy atom. The third-order valence-electron chi connectivity index (χ3n) is 3.20. The van der Waals surface area contributed by atoms with E-state index in [2.05, 4.69) is 15.4 Å². The topological polar surface area (TPSA) is 69.0 Å². The maximum atomic E-state index is 14.1. The van der Waals surface area contributed by atoms with Gasteiger partial charge in [0.15, 0.2) is 5.82 Å². The monoisotopic (exact) mass is 312 g/mol. The Morgan fingerprint density at radius 3 is 2.83 bits per heavy atom. The molecule has 3 rings (SSSR count). The van der Waals surface area contributed by atoms with Crippen molar-refractivity contribution in [2.45, 2.75) is 0 Å². The molecule has 3 aromatic rings. The number of rotatable bonds is 4. The zero-order chi connectivity index (χ0) is 16.2. The van der Waals surface area contributed by atoms with Gasteiger partial charge in [0.25, 0.3) is 5.91 Å². The first-order valence-corrected chi connectivity index (χ1v) is 6.77. The van der Waals surface area contributed by atoms with E-state index in [1.54, 1.807) is 30.3 Å². The van der Waals surface area contributed by atoms with Crippen LogP contribution in [-0.2, 0) is 0 Å². The molecule has 0 fully saturated rings. The Bertz CT molecular complexity index is 834. The molecule has 0 saturated heterocycles. The highest BCUT2D eigenvalue weighted by atomic mass is 19.1. The number of carbonyl (C=O) groups is 1. The molecule has 0 unspecified atom stereocenters. The molecule has 116 valence electrons. The van der Waals surface area contributed by atoms with Crippen molar-refractivity contribution >= 4 is 11.6 Å². The minimum atomic E-state index is -0.515. The Balaban J connectivity index is 1.80. The van der Waals surface area contributed by atoms with E-state index < -0.39 is 5.82 Å². The fourth-order valence-electron chi connectivity index (χ4n) is 2.07. The highest BCUT2D eigenvalue weighted by molar-refractivity contribution is 6.04. The van der Waals surface area contributed by atoms with Gasteiger partial charge in [0.05, 0.1) is 7.11 Å². The summed E-state index contributed by atoms with van der Waals surface area (Å²) in [4.78, 5) is 16.0. The number of nitrogens with one attached hydrogen (secondary N) is 1. The summed E-state index contributed by atoms with van der Waals surface area (Å²) < 4.78 is 20.5. The van der Waals surface area contributed by atoms with Crippen LogP contribution in [0.5, 0.6) is 5.75 Å². The van der Waals surface area contributed by atoms with Gasteiger partial charge in [-0.2, -0.15) is 5.10 Å². The molecule has 0 aliphatic carbocycles. The molecule has 0 saturated carbocycles. The Hall–Kier alpha value is -3.22. The van der Waals surface area contributed by atoms with E-state index in [-0.39, 0.29) is 11.6 Å². The second-order valence-electron chi connectivity index (χ2n) is 4.69. The summed E-state index contributed by atoms with van der Waals surface area (Å²) in [6.45, 7) is 0. The van der Waals surface area contributed by atoms with Crippen molar-refractivity contribution in [3.8, 4) is 11.4 Å². The number of anilines is 1. The van der Waals surface area contributed by atoms with Crippen LogP contribution in [0.4, 0.5) is 10.1 Å². The fourth-order valence-corrected chi connectivity index (χ4v) is 2.07. The number of ether oxygens (including phenoxy) is 1. The summed E-state index contributed by atoms with van der Waals surface area (Å²) in [6.07, 6.45) is 2.71. The van der Waals surface area contributed by atoms with Crippen LogP contribution >= 0.6 is 0 Å². The van der Waals surface area contributed by atoms with Gasteiger partial charge in [-0.15, -0.1) is 0 Å². The summed E-state index contributed by atoms with van der Waals surface area (Å²) in [7, 11) is 1.52. The molecule has 23 heavy (non-hydrogen) atoms. The highest BCUT2D eigenvalue weighted by Crippen LogP contribution is 2.19. The van der Waals surface area contributed by atoms with Crippen molar-refractivity contribution in [1.82, 2.24) is 14.8 Å². The first kappa shape index (κ1) is 14.7. The molecule has 0 spiro atoms. The zero-order valence-electron chi connectivity index (χ0n) is 12.2. The van der Waals surface area contributed by atoms with Crippen molar-refractivity contribution in [3.63, 3.8) is 0 Å². The lowest BCUT2D eigenvalue weighted by molar-refractivity contribution is 0.102. The van der Waals surface area contributed by atoms with Gasteiger partial charge in [-0.05, 0) is 36.4 Å². The minimum Gasteiger partial charge on any atom is -0.497 e. The zero-order valence-corrected chi connectivity index (χ0v) is 12.2. The minimum absolute atomic E-state index is 0.252. The molecule has 1 heterocycles. The van der Waals surface area contributed by atoms with E-state index in [0.29, 0.717) is 17.0 Å². The van der Waals surface area contributed by atoms with Crippen molar-refractivity contribution < 1.29 is 13.9 Å². The molecule has 1 N–H and O–H groups in total. The molecule has 2 aromatic carbocycles. The van der Waals surface area contributed by atoms with Crippen molar-refractivity contribution in [3.05, 3.63) is 66.5 Å². The molecular weight excluding hydrogens is 299 g/mol. The molecule has 1 aromatic heterocycles. The molecular formula is C16H13FN4O2.